The van der Waals surface area contributed by atoms with Crippen LogP contribution in [0.1, 0.15) is 39.8 Å². The summed E-state index contributed by atoms with van der Waals surface area (Å²) in [5.41, 5.74) is 2.53. The topological polar surface area (TPSA) is 84.5 Å². The van der Waals surface area contributed by atoms with Crippen LogP contribution in [0.15, 0.2) is 36.4 Å². The maximum Gasteiger partial charge on any atom is 0.251 e. The van der Waals surface area contributed by atoms with Gasteiger partial charge in [-0.1, -0.05) is 12.2 Å². The van der Waals surface area contributed by atoms with Gasteiger partial charge >= 0.3 is 0 Å². The molecule has 2 N–H and O–H groups in total. The number of hydrogen-bond donors (Lipinski definition) is 2. The van der Waals surface area contributed by atoms with Crippen LogP contribution in [0.2, 0.25) is 0 Å². The van der Waals surface area contributed by atoms with Crippen molar-refractivity contribution in [3.63, 3.8) is 0 Å². The fraction of sp³-hybridized carbons (Fsp3) is 0.286. The molecule has 0 atom stereocenters. The molecule has 0 spiro atoms. The number of nitrogens with one attached hydrogen (secondary N) is 2. The number of rotatable bonds is 6. The molecular formula is C21H22N2O4S. The minimum atomic E-state index is -0.278. The van der Waals surface area contributed by atoms with Gasteiger partial charge in [0.2, 0.25) is 5.91 Å². The van der Waals surface area contributed by atoms with Crippen LogP contribution in [0.25, 0.3) is 10.4 Å². The highest BCUT2D eigenvalue weighted by Gasteiger charge is 2.29. The molecule has 1 aromatic carbocycles. The number of anilines is 1. The van der Waals surface area contributed by atoms with Crippen molar-refractivity contribution >= 4 is 34.6 Å². The summed E-state index contributed by atoms with van der Waals surface area (Å²) in [4.78, 5) is 37.9. The summed E-state index contributed by atoms with van der Waals surface area (Å²) in [5, 5.41) is 5.49. The molecule has 1 heterocycles. The number of ether oxygens (including phenoxy) is 1. The van der Waals surface area contributed by atoms with Crippen LogP contribution < -0.4 is 15.4 Å². The third-order valence-corrected chi connectivity index (χ3v) is 5.92. The summed E-state index contributed by atoms with van der Waals surface area (Å²) in [6.45, 7) is 5.37. The van der Waals surface area contributed by atoms with Gasteiger partial charge in [0, 0.05) is 29.0 Å². The number of Topliss-reactive ketones (excluding diaryl/α,β-unsaturated/α-hetero) is 1. The van der Waals surface area contributed by atoms with Gasteiger partial charge in [-0.15, -0.1) is 11.3 Å². The van der Waals surface area contributed by atoms with Crippen LogP contribution in [-0.2, 0) is 4.79 Å². The zero-order chi connectivity index (χ0) is 20.4. The number of hydrogen-bond acceptors (Lipinski definition) is 5. The molecule has 146 valence electrons. The highest BCUT2D eigenvalue weighted by Crippen LogP contribution is 2.42. The van der Waals surface area contributed by atoms with E-state index in [2.05, 4.69) is 17.2 Å². The lowest BCUT2D eigenvalue weighted by Gasteiger charge is -2.27. The second kappa shape index (κ2) is 7.98. The second-order valence-electron chi connectivity index (χ2n) is 6.75. The van der Waals surface area contributed by atoms with Gasteiger partial charge in [-0.05, 0) is 44.0 Å². The van der Waals surface area contributed by atoms with Gasteiger partial charge < -0.3 is 15.4 Å². The molecule has 0 bridgehead atoms. The molecule has 28 heavy (non-hydrogen) atoms. The summed E-state index contributed by atoms with van der Waals surface area (Å²) in [5.74, 6) is -0.0935. The molecule has 6 nitrogen and oxygen atoms in total. The van der Waals surface area contributed by atoms with Crippen LogP contribution in [0, 0.1) is 5.92 Å². The Labute approximate surface area is 167 Å². The molecular weight excluding hydrogens is 376 g/mol. The number of benzene rings is 1. The van der Waals surface area contributed by atoms with E-state index in [1.807, 2.05) is 6.07 Å². The molecule has 0 unspecified atom stereocenters. The molecule has 2 amide bonds. The van der Waals surface area contributed by atoms with E-state index < -0.39 is 0 Å². The second-order valence-corrected chi connectivity index (χ2v) is 7.83. The van der Waals surface area contributed by atoms with Gasteiger partial charge in [0.25, 0.3) is 5.91 Å². The highest BCUT2D eigenvalue weighted by atomic mass is 32.1. The fourth-order valence-corrected chi connectivity index (χ4v) is 4.04. The molecule has 1 saturated carbocycles. The van der Waals surface area contributed by atoms with Gasteiger partial charge in [0.15, 0.2) is 11.5 Å². The van der Waals surface area contributed by atoms with E-state index >= 15 is 0 Å². The lowest BCUT2D eigenvalue weighted by atomic mass is 9.80. The van der Waals surface area contributed by atoms with E-state index in [-0.39, 0.29) is 23.5 Å². The van der Waals surface area contributed by atoms with E-state index in [4.69, 9.17) is 4.74 Å². The number of amides is 2. The predicted octanol–water partition coefficient (Wildman–Crippen LogP) is 3.89. The lowest BCUT2D eigenvalue weighted by Crippen LogP contribution is -2.29. The number of thiophene rings is 1. The minimum Gasteiger partial charge on any atom is -0.494 e. The van der Waals surface area contributed by atoms with Crippen molar-refractivity contribution in [2.45, 2.75) is 19.8 Å². The fourth-order valence-electron chi connectivity index (χ4n) is 3.13. The summed E-state index contributed by atoms with van der Waals surface area (Å²) >= 11 is 1.32. The first-order valence-electron chi connectivity index (χ1n) is 8.86. The SMILES string of the molecule is C=C1CC(C(=O)Nc2cc(C(=O)NC)cc(-c3ccc(C(C)=O)s3)c2OC)C1. The van der Waals surface area contributed by atoms with Crippen molar-refractivity contribution in [3.05, 3.63) is 46.9 Å². The Bertz CT molecular complexity index is 969. The number of carbonyl (C=O) groups is 3. The molecule has 3 rings (SSSR count). The van der Waals surface area contributed by atoms with E-state index in [0.29, 0.717) is 40.3 Å². The third kappa shape index (κ3) is 3.84. The Morgan fingerprint density at radius 3 is 2.46 bits per heavy atom. The Balaban J connectivity index is 2.06. The monoisotopic (exact) mass is 398 g/mol. The first-order valence-corrected chi connectivity index (χ1v) is 9.68. The first kappa shape index (κ1) is 19.8. The van der Waals surface area contributed by atoms with Crippen LogP contribution in [0.4, 0.5) is 5.69 Å². The van der Waals surface area contributed by atoms with Crippen LogP contribution in [0.5, 0.6) is 5.75 Å². The van der Waals surface area contributed by atoms with Crippen molar-refractivity contribution in [3.8, 4) is 16.2 Å². The van der Waals surface area contributed by atoms with Crippen molar-refractivity contribution in [1.29, 1.82) is 0 Å². The summed E-state index contributed by atoms with van der Waals surface area (Å²) < 4.78 is 5.58. The minimum absolute atomic E-state index is 0.0311. The van der Waals surface area contributed by atoms with Crippen LogP contribution in [-0.4, -0.2) is 31.8 Å². The Morgan fingerprint density at radius 2 is 1.93 bits per heavy atom. The first-order chi connectivity index (χ1) is 13.3. The Hall–Kier alpha value is -2.93. The average molecular weight is 398 g/mol. The Kier molecular flexibility index (Phi) is 5.65. The van der Waals surface area contributed by atoms with Crippen LogP contribution in [0.3, 0.4) is 0 Å². The van der Waals surface area contributed by atoms with Gasteiger partial charge in [-0.2, -0.15) is 0 Å². The average Bonchev–Trinajstić information content (AvgIpc) is 3.14. The molecule has 1 aromatic heterocycles. The summed E-state index contributed by atoms with van der Waals surface area (Å²) in [6.07, 6.45) is 1.34. The predicted molar refractivity (Wildman–Crippen MR) is 110 cm³/mol. The molecule has 1 fully saturated rings. The lowest BCUT2D eigenvalue weighted by molar-refractivity contribution is -0.120. The maximum absolute atomic E-state index is 12.5. The van der Waals surface area contributed by atoms with Gasteiger partial charge in [0.1, 0.15) is 0 Å². The molecule has 1 aliphatic rings. The molecule has 7 heteroatoms. The van der Waals surface area contributed by atoms with Crippen molar-refractivity contribution < 1.29 is 19.1 Å². The Morgan fingerprint density at radius 1 is 1.21 bits per heavy atom. The number of allylic oxidation sites excluding steroid dienone is 1. The standard InChI is InChI=1S/C21H22N2O4S/c1-11-7-13(8-11)21(26)23-16-10-14(20(25)22-3)9-15(19(16)27-4)18-6-5-17(28-18)12(2)24/h5-6,9-10,13H,1,7-8H2,2-4H3,(H,22,25)(H,23,26). The van der Waals surface area contributed by atoms with Gasteiger partial charge in [-0.25, -0.2) is 0 Å². The van der Waals surface area contributed by atoms with E-state index in [1.54, 1.807) is 25.2 Å². The smallest absolute Gasteiger partial charge is 0.251 e. The van der Waals surface area contributed by atoms with Crippen molar-refractivity contribution in [2.24, 2.45) is 5.92 Å². The van der Waals surface area contributed by atoms with Gasteiger partial charge in [0.05, 0.1) is 17.7 Å². The number of carbonyl (C=O) groups excluding carboxylic acids is 3. The van der Waals surface area contributed by atoms with E-state index in [1.165, 1.54) is 25.4 Å². The van der Waals surface area contributed by atoms with E-state index in [9.17, 15) is 14.4 Å². The quantitative estimate of drug-likeness (QED) is 0.571. The molecule has 0 radical (unpaired) electrons. The number of ketones is 1. The normalized spacial score (nSPS) is 13.6. The molecule has 0 saturated heterocycles. The number of methoxy groups -OCH3 is 1. The van der Waals surface area contributed by atoms with Crippen molar-refractivity contribution in [1.82, 2.24) is 5.32 Å². The van der Waals surface area contributed by atoms with E-state index in [0.717, 1.165) is 10.5 Å². The molecule has 0 aliphatic heterocycles. The molecule has 2 aromatic rings. The third-order valence-electron chi connectivity index (χ3n) is 4.70. The van der Waals surface area contributed by atoms with Crippen molar-refractivity contribution in [2.75, 3.05) is 19.5 Å². The zero-order valence-corrected chi connectivity index (χ0v) is 16.9. The summed E-state index contributed by atoms with van der Waals surface area (Å²) in [7, 11) is 3.06. The largest absolute Gasteiger partial charge is 0.494 e. The zero-order valence-electron chi connectivity index (χ0n) is 16.0. The highest BCUT2D eigenvalue weighted by molar-refractivity contribution is 7.17. The van der Waals surface area contributed by atoms with Gasteiger partial charge in [-0.3, -0.25) is 14.4 Å². The van der Waals surface area contributed by atoms with Crippen LogP contribution >= 0.6 is 11.3 Å². The molecule has 1 aliphatic carbocycles. The summed E-state index contributed by atoms with van der Waals surface area (Å²) in [6, 6.07) is 6.86. The maximum atomic E-state index is 12.5.